The zero-order chi connectivity index (χ0) is 24.3. The third kappa shape index (κ3) is 9.17. The maximum atomic E-state index is 12.7. The molecule has 0 radical (unpaired) electrons. The molecule has 1 aromatic rings. The van der Waals surface area contributed by atoms with E-state index < -0.39 is 18.1 Å². The number of hydrogen-bond donors (Lipinski definition) is 2. The summed E-state index contributed by atoms with van der Waals surface area (Å²) in [5.41, 5.74) is 0.932. The molecule has 1 saturated heterocycles. The molecule has 0 saturated carbocycles. The van der Waals surface area contributed by atoms with E-state index in [0.29, 0.717) is 25.3 Å². The molecular weight excluding hydrogens is 432 g/mol. The highest BCUT2D eigenvalue weighted by atomic mass is 35.5. The van der Waals surface area contributed by atoms with Crippen LogP contribution in [-0.4, -0.2) is 46.5 Å². The molecule has 0 spiro atoms. The normalized spacial score (nSPS) is 17.5. The average Bonchev–Trinajstić information content (AvgIpc) is 3.25. The molecular formula is C24H37ClN2O5. The quantitative estimate of drug-likeness (QED) is 0.415. The summed E-state index contributed by atoms with van der Waals surface area (Å²) in [7, 11) is 0. The smallest absolute Gasteiger partial charge is 0.329 e. The van der Waals surface area contributed by atoms with Crippen LogP contribution in [-0.2, 0) is 25.7 Å². The molecule has 7 nitrogen and oxygen atoms in total. The Morgan fingerprint density at radius 1 is 1.16 bits per heavy atom. The van der Waals surface area contributed by atoms with Gasteiger partial charge < -0.3 is 14.7 Å². The summed E-state index contributed by atoms with van der Waals surface area (Å²) >= 11 is 5.74. The fraction of sp³-hybridized carbons (Fsp3) is 0.625. The fourth-order valence-corrected chi connectivity index (χ4v) is 3.43. The number of likely N-dealkylation sites (tertiary alicyclic amines) is 1. The number of carboxylic acid groups (broad SMARTS) is 1. The summed E-state index contributed by atoms with van der Waals surface area (Å²) < 4.78 is 5.40. The second kappa shape index (κ2) is 14.1. The second-order valence-corrected chi connectivity index (χ2v) is 9.16. The minimum atomic E-state index is -0.708. The molecule has 2 rings (SSSR count). The minimum absolute atomic E-state index is 0.127. The first-order valence-corrected chi connectivity index (χ1v) is 11.6. The fourth-order valence-electron chi connectivity index (χ4n) is 3.25. The molecule has 1 aliphatic heterocycles. The monoisotopic (exact) mass is 468 g/mol. The molecule has 180 valence electrons. The number of halogens is 1. The van der Waals surface area contributed by atoms with E-state index in [-0.39, 0.29) is 30.3 Å². The van der Waals surface area contributed by atoms with E-state index in [2.05, 4.69) is 4.84 Å². The lowest BCUT2D eigenvalue weighted by Crippen LogP contribution is -2.49. The Balaban J connectivity index is 0.000000547. The van der Waals surface area contributed by atoms with Gasteiger partial charge in [-0.05, 0) is 48.4 Å². The lowest BCUT2D eigenvalue weighted by molar-refractivity contribution is -0.155. The Morgan fingerprint density at radius 3 is 2.25 bits per heavy atom. The molecule has 0 aromatic heterocycles. The highest BCUT2D eigenvalue weighted by Gasteiger charge is 2.38. The molecule has 1 heterocycles. The van der Waals surface area contributed by atoms with Crippen molar-refractivity contribution in [3.8, 4) is 0 Å². The van der Waals surface area contributed by atoms with Crippen molar-refractivity contribution in [2.24, 2.45) is 17.8 Å². The maximum Gasteiger partial charge on any atom is 0.329 e. The molecule has 1 aliphatic rings. The number of carbonyl (C=O) groups excluding carboxylic acids is 2. The Kier molecular flexibility index (Phi) is 12.3. The average molecular weight is 469 g/mol. The van der Waals surface area contributed by atoms with Crippen LogP contribution in [0.1, 0.15) is 59.4 Å². The number of carbonyl (C=O) groups is 3. The standard InChI is InChI=1S/C18H25ClN2O3.C6H12O2/c1-13(2)11-15(20-19)17(22)21-10-6-9-16(21)18(23)24-12-14-7-4-3-5-8-14;1-4(2)5(3)6(7)8/h3-5,7-8,13,15-16,20H,6,9-12H2,1-2H3;4-5H,1-3H3,(H,7,8)/t15-,16-;5-/m00/s1. The van der Waals surface area contributed by atoms with E-state index in [4.69, 9.17) is 21.6 Å². The van der Waals surface area contributed by atoms with Crippen molar-refractivity contribution in [3.63, 3.8) is 0 Å². The topological polar surface area (TPSA) is 95.9 Å². The van der Waals surface area contributed by atoms with Gasteiger partial charge in [-0.15, -0.1) is 0 Å². The van der Waals surface area contributed by atoms with Gasteiger partial charge in [-0.25, -0.2) is 9.63 Å². The lowest BCUT2D eigenvalue weighted by atomic mass is 9.99. The van der Waals surface area contributed by atoms with Crippen molar-refractivity contribution in [1.29, 1.82) is 0 Å². The summed E-state index contributed by atoms with van der Waals surface area (Å²) in [4.78, 5) is 39.4. The number of rotatable bonds is 9. The van der Waals surface area contributed by atoms with Crippen LogP contribution in [0.5, 0.6) is 0 Å². The number of hydrogen-bond acceptors (Lipinski definition) is 5. The third-order valence-corrected chi connectivity index (χ3v) is 5.82. The summed E-state index contributed by atoms with van der Waals surface area (Å²) in [5.74, 6) is -0.820. The van der Waals surface area contributed by atoms with Crippen molar-refractivity contribution in [2.75, 3.05) is 6.54 Å². The number of nitrogens with zero attached hydrogens (tertiary/aromatic N) is 1. The van der Waals surface area contributed by atoms with Crippen LogP contribution < -0.4 is 4.84 Å². The number of aliphatic carboxylic acids is 1. The van der Waals surface area contributed by atoms with Crippen molar-refractivity contribution >= 4 is 29.6 Å². The van der Waals surface area contributed by atoms with Gasteiger partial charge in [0, 0.05) is 6.54 Å². The molecule has 3 atom stereocenters. The van der Waals surface area contributed by atoms with Gasteiger partial charge in [0.1, 0.15) is 18.7 Å². The number of carboxylic acids is 1. The molecule has 1 fully saturated rings. The van der Waals surface area contributed by atoms with E-state index in [0.717, 1.165) is 12.0 Å². The first-order valence-electron chi connectivity index (χ1n) is 11.2. The summed E-state index contributed by atoms with van der Waals surface area (Å²) in [6, 6.07) is 8.53. The highest BCUT2D eigenvalue weighted by molar-refractivity contribution is 6.15. The predicted octanol–water partition coefficient (Wildman–Crippen LogP) is 4.24. The van der Waals surface area contributed by atoms with E-state index >= 15 is 0 Å². The van der Waals surface area contributed by atoms with Crippen LogP contribution in [0, 0.1) is 17.8 Å². The van der Waals surface area contributed by atoms with Gasteiger partial charge in [-0.3, -0.25) is 9.59 Å². The van der Waals surface area contributed by atoms with Gasteiger partial charge >= 0.3 is 11.9 Å². The number of esters is 1. The molecule has 0 unspecified atom stereocenters. The van der Waals surface area contributed by atoms with Crippen LogP contribution in [0.2, 0.25) is 0 Å². The van der Waals surface area contributed by atoms with Crippen LogP contribution in [0.4, 0.5) is 0 Å². The van der Waals surface area contributed by atoms with Crippen LogP contribution in [0.3, 0.4) is 0 Å². The molecule has 8 heteroatoms. The number of benzene rings is 1. The minimum Gasteiger partial charge on any atom is -0.481 e. The first-order chi connectivity index (χ1) is 15.1. The van der Waals surface area contributed by atoms with Crippen LogP contribution in [0.15, 0.2) is 30.3 Å². The molecule has 0 aliphatic carbocycles. The number of ether oxygens (including phenoxy) is 1. The zero-order valence-electron chi connectivity index (χ0n) is 19.7. The van der Waals surface area contributed by atoms with Crippen LogP contribution >= 0.6 is 11.8 Å². The highest BCUT2D eigenvalue weighted by Crippen LogP contribution is 2.22. The van der Waals surface area contributed by atoms with Gasteiger partial charge in [0.05, 0.1) is 5.92 Å². The van der Waals surface area contributed by atoms with Gasteiger partial charge in [-0.2, -0.15) is 0 Å². The van der Waals surface area contributed by atoms with Gasteiger partial charge in [0.25, 0.3) is 0 Å². The SMILES string of the molecule is CC(C)C[C@H](NCl)C(=O)N1CCC[C@H]1C(=O)OCc1ccccc1.CC(C)[C@H](C)C(=O)O. The molecule has 1 amide bonds. The van der Waals surface area contributed by atoms with Crippen molar-refractivity contribution in [2.45, 2.75) is 72.6 Å². The Bertz CT molecular complexity index is 726. The van der Waals surface area contributed by atoms with Gasteiger partial charge in [0.2, 0.25) is 5.91 Å². The number of nitrogens with one attached hydrogen (secondary N) is 1. The lowest BCUT2D eigenvalue weighted by Gasteiger charge is -2.27. The van der Waals surface area contributed by atoms with Gasteiger partial charge in [0.15, 0.2) is 0 Å². The van der Waals surface area contributed by atoms with Crippen molar-refractivity contribution < 1.29 is 24.2 Å². The second-order valence-electron chi connectivity index (χ2n) is 8.95. The maximum absolute atomic E-state index is 12.7. The van der Waals surface area contributed by atoms with Crippen LogP contribution in [0.25, 0.3) is 0 Å². The Hall–Kier alpha value is -2.12. The van der Waals surface area contributed by atoms with Crippen molar-refractivity contribution in [3.05, 3.63) is 35.9 Å². The Morgan fingerprint density at radius 2 is 1.78 bits per heavy atom. The molecule has 1 aromatic carbocycles. The summed E-state index contributed by atoms with van der Waals surface area (Å²) in [6.07, 6.45) is 2.06. The zero-order valence-corrected chi connectivity index (χ0v) is 20.5. The predicted molar refractivity (Wildman–Crippen MR) is 125 cm³/mol. The summed E-state index contributed by atoms with van der Waals surface area (Å²) in [5, 5.41) is 8.35. The van der Waals surface area contributed by atoms with Gasteiger partial charge in [-0.1, -0.05) is 65.0 Å². The van der Waals surface area contributed by atoms with E-state index in [1.165, 1.54) is 0 Å². The van der Waals surface area contributed by atoms with E-state index in [9.17, 15) is 14.4 Å². The molecule has 0 bridgehead atoms. The van der Waals surface area contributed by atoms with E-state index in [1.807, 2.05) is 58.0 Å². The summed E-state index contributed by atoms with van der Waals surface area (Å²) in [6.45, 7) is 10.4. The van der Waals surface area contributed by atoms with Crippen molar-refractivity contribution in [1.82, 2.24) is 9.74 Å². The first kappa shape index (κ1) is 27.9. The largest absolute Gasteiger partial charge is 0.481 e. The van der Waals surface area contributed by atoms with E-state index in [1.54, 1.807) is 11.8 Å². The third-order valence-electron chi connectivity index (χ3n) is 5.56. The molecule has 32 heavy (non-hydrogen) atoms. The molecule has 2 N–H and O–H groups in total. The Labute approximate surface area is 196 Å². The number of amides is 1.